The van der Waals surface area contributed by atoms with Crippen LogP contribution in [0.4, 0.5) is 5.69 Å². The van der Waals surface area contributed by atoms with Crippen LogP contribution in [0.25, 0.3) is 34.0 Å². The molecular formula is C19H17IN4. The van der Waals surface area contributed by atoms with Crippen LogP contribution in [0.5, 0.6) is 0 Å². The van der Waals surface area contributed by atoms with E-state index in [1.165, 1.54) is 0 Å². The van der Waals surface area contributed by atoms with Crippen molar-refractivity contribution >= 4 is 39.6 Å². The summed E-state index contributed by atoms with van der Waals surface area (Å²) in [7, 11) is 2.05. The number of aryl methyl sites for hydroxylation is 1. The fourth-order valence-electron chi connectivity index (χ4n) is 2.92. The Balaban J connectivity index is 0.00000169. The molecule has 0 fully saturated rings. The number of para-hydroxylation sites is 2. The molecular weight excluding hydrogens is 411 g/mol. The molecule has 2 aromatic carbocycles. The van der Waals surface area contributed by atoms with Crippen molar-refractivity contribution in [3.05, 3.63) is 66.0 Å². The van der Waals surface area contributed by atoms with Gasteiger partial charge in [-0.25, -0.2) is 0 Å². The molecule has 0 atom stereocenters. The molecule has 0 unspecified atom stereocenters. The van der Waals surface area contributed by atoms with E-state index in [4.69, 9.17) is 5.73 Å². The van der Waals surface area contributed by atoms with Crippen LogP contribution in [0.1, 0.15) is 11.4 Å². The van der Waals surface area contributed by atoms with Gasteiger partial charge in [-0.1, -0.05) is 30.3 Å². The number of nitrogens with one attached hydrogen (secondary N) is 1. The molecule has 4 nitrogen and oxygen atoms in total. The number of halogens is 1. The summed E-state index contributed by atoms with van der Waals surface area (Å²) in [6, 6.07) is 18.2. The van der Waals surface area contributed by atoms with Gasteiger partial charge in [-0.05, 0) is 18.2 Å². The third-order valence-electron chi connectivity index (χ3n) is 4.18. The minimum absolute atomic E-state index is 0. The van der Waals surface area contributed by atoms with Crippen LogP contribution in [0.2, 0.25) is 0 Å². The Bertz CT molecular complexity index is 1050. The van der Waals surface area contributed by atoms with E-state index in [1.807, 2.05) is 61.7 Å². The first kappa shape index (κ1) is 16.4. The summed E-state index contributed by atoms with van der Waals surface area (Å²) < 4.78 is 2.14. The van der Waals surface area contributed by atoms with E-state index in [0.29, 0.717) is 0 Å². The fraction of sp³-hybridized carbons (Fsp3) is 0.0526. The SMILES string of the molecule is C[n+]1c(/C=C/c2n[nH]c3ccccc23)cc(N)c2ccccc21.[I-]. The summed E-state index contributed by atoms with van der Waals surface area (Å²) in [5.74, 6) is 0. The normalized spacial score (nSPS) is 11.2. The van der Waals surface area contributed by atoms with Crippen molar-refractivity contribution < 1.29 is 28.5 Å². The van der Waals surface area contributed by atoms with E-state index in [2.05, 4.69) is 26.9 Å². The minimum Gasteiger partial charge on any atom is -1.00 e. The zero-order chi connectivity index (χ0) is 15.8. The number of nitrogens with two attached hydrogens (primary N) is 1. The van der Waals surface area contributed by atoms with Gasteiger partial charge in [-0.15, -0.1) is 0 Å². The van der Waals surface area contributed by atoms with Crippen molar-refractivity contribution in [3.8, 4) is 0 Å². The number of benzene rings is 2. The second-order valence-corrected chi connectivity index (χ2v) is 5.59. The number of aromatic amines is 1. The number of aromatic nitrogens is 3. The van der Waals surface area contributed by atoms with Gasteiger partial charge in [-0.2, -0.15) is 9.67 Å². The molecule has 0 spiro atoms. The van der Waals surface area contributed by atoms with Gasteiger partial charge >= 0.3 is 0 Å². The maximum absolute atomic E-state index is 6.20. The van der Waals surface area contributed by atoms with Crippen molar-refractivity contribution in [2.45, 2.75) is 0 Å². The molecule has 4 aromatic rings. The lowest BCUT2D eigenvalue weighted by Crippen LogP contribution is -3.00. The number of rotatable bonds is 2. The van der Waals surface area contributed by atoms with E-state index in [9.17, 15) is 0 Å². The van der Waals surface area contributed by atoms with E-state index in [1.54, 1.807) is 0 Å². The van der Waals surface area contributed by atoms with Gasteiger partial charge in [0.05, 0.1) is 22.3 Å². The molecule has 2 aromatic heterocycles. The monoisotopic (exact) mass is 428 g/mol. The predicted molar refractivity (Wildman–Crippen MR) is 94.6 cm³/mol. The molecule has 24 heavy (non-hydrogen) atoms. The number of hydrogen-bond donors (Lipinski definition) is 2. The second-order valence-electron chi connectivity index (χ2n) is 5.59. The van der Waals surface area contributed by atoms with E-state index in [-0.39, 0.29) is 24.0 Å². The van der Waals surface area contributed by atoms with Crippen LogP contribution in [0, 0.1) is 0 Å². The molecule has 0 aliphatic heterocycles. The third-order valence-corrected chi connectivity index (χ3v) is 4.18. The standard InChI is InChI=1S/C19H16N4.HI/c1-23-13(12-16(20)14-6-3-5-9-19(14)23)10-11-18-15-7-2-4-8-17(15)21-22-18;/h2-12H,1H3,(H2,20,21,22);1H. The summed E-state index contributed by atoms with van der Waals surface area (Å²) in [4.78, 5) is 0. The lowest BCUT2D eigenvalue weighted by molar-refractivity contribution is -0.646. The van der Waals surface area contributed by atoms with Gasteiger partial charge in [0.15, 0.2) is 0 Å². The molecule has 0 radical (unpaired) electrons. The maximum atomic E-state index is 6.20. The first-order chi connectivity index (χ1) is 11.2. The highest BCUT2D eigenvalue weighted by Gasteiger charge is 2.12. The van der Waals surface area contributed by atoms with E-state index in [0.717, 1.165) is 38.9 Å². The molecule has 5 heteroatoms. The lowest BCUT2D eigenvalue weighted by atomic mass is 10.1. The summed E-state index contributed by atoms with van der Waals surface area (Å²) >= 11 is 0. The van der Waals surface area contributed by atoms with Gasteiger partial charge in [0.25, 0.3) is 0 Å². The zero-order valence-corrected chi connectivity index (χ0v) is 15.4. The number of H-pyrrole nitrogens is 1. The number of anilines is 1. The molecule has 3 N–H and O–H groups in total. The van der Waals surface area contributed by atoms with Gasteiger partial charge in [0.2, 0.25) is 11.2 Å². The van der Waals surface area contributed by atoms with Crippen LogP contribution in [0.15, 0.2) is 54.6 Å². The first-order valence-electron chi connectivity index (χ1n) is 7.52. The molecule has 0 aliphatic rings. The molecule has 0 saturated carbocycles. The van der Waals surface area contributed by atoms with Crippen molar-refractivity contribution in [2.24, 2.45) is 7.05 Å². The maximum Gasteiger partial charge on any atom is 0.214 e. The van der Waals surface area contributed by atoms with Crippen molar-refractivity contribution in [2.75, 3.05) is 5.73 Å². The zero-order valence-electron chi connectivity index (χ0n) is 13.2. The van der Waals surface area contributed by atoms with Crippen LogP contribution in [-0.4, -0.2) is 10.2 Å². The largest absolute Gasteiger partial charge is 1.00 e. The molecule has 0 saturated heterocycles. The summed E-state index contributed by atoms with van der Waals surface area (Å²) in [5.41, 5.74) is 11.1. The molecule has 0 bridgehead atoms. The summed E-state index contributed by atoms with van der Waals surface area (Å²) in [6.07, 6.45) is 4.06. The average Bonchev–Trinajstić information content (AvgIpc) is 3.00. The number of nitrogens with zero attached hydrogens (tertiary/aromatic N) is 2. The fourth-order valence-corrected chi connectivity index (χ4v) is 2.92. The Kier molecular flexibility index (Phi) is 4.53. The van der Waals surface area contributed by atoms with E-state index < -0.39 is 0 Å². The number of hydrogen-bond acceptors (Lipinski definition) is 2. The number of nitrogen functional groups attached to an aromatic ring is 1. The average molecular weight is 428 g/mol. The Labute approximate surface area is 157 Å². The Morgan fingerprint density at radius 2 is 1.71 bits per heavy atom. The van der Waals surface area contributed by atoms with Crippen LogP contribution in [0.3, 0.4) is 0 Å². The Hall–Kier alpha value is -2.41. The van der Waals surface area contributed by atoms with Crippen LogP contribution < -0.4 is 34.3 Å². The topological polar surface area (TPSA) is 58.6 Å². The molecule has 4 rings (SSSR count). The smallest absolute Gasteiger partial charge is 0.214 e. The summed E-state index contributed by atoms with van der Waals surface area (Å²) in [5, 5.41) is 9.60. The molecule has 0 aliphatic carbocycles. The van der Waals surface area contributed by atoms with Gasteiger partial charge in [0.1, 0.15) is 7.05 Å². The minimum atomic E-state index is 0. The second kappa shape index (κ2) is 6.60. The quantitative estimate of drug-likeness (QED) is 0.357. The van der Waals surface area contributed by atoms with E-state index >= 15 is 0 Å². The first-order valence-corrected chi connectivity index (χ1v) is 7.52. The molecule has 120 valence electrons. The van der Waals surface area contributed by atoms with Crippen molar-refractivity contribution in [1.29, 1.82) is 0 Å². The highest BCUT2D eigenvalue weighted by molar-refractivity contribution is 5.91. The molecule has 0 amide bonds. The van der Waals surface area contributed by atoms with Gasteiger partial charge in [-0.3, -0.25) is 5.10 Å². The van der Waals surface area contributed by atoms with Gasteiger partial charge in [0, 0.05) is 23.6 Å². The van der Waals surface area contributed by atoms with Crippen molar-refractivity contribution in [3.63, 3.8) is 0 Å². The number of fused-ring (bicyclic) bond motifs is 2. The Morgan fingerprint density at radius 3 is 2.54 bits per heavy atom. The highest BCUT2D eigenvalue weighted by atomic mass is 127. The van der Waals surface area contributed by atoms with Gasteiger partial charge < -0.3 is 29.7 Å². The Morgan fingerprint density at radius 1 is 1.00 bits per heavy atom. The highest BCUT2D eigenvalue weighted by Crippen LogP contribution is 2.21. The van der Waals surface area contributed by atoms with Crippen molar-refractivity contribution in [1.82, 2.24) is 10.2 Å². The summed E-state index contributed by atoms with van der Waals surface area (Å²) in [6.45, 7) is 0. The van der Waals surface area contributed by atoms with Crippen LogP contribution in [-0.2, 0) is 7.05 Å². The predicted octanol–water partition coefficient (Wildman–Crippen LogP) is 0.297. The lowest BCUT2D eigenvalue weighted by Gasteiger charge is -2.03. The molecule has 2 heterocycles. The number of pyridine rings is 1. The van der Waals surface area contributed by atoms with Crippen LogP contribution >= 0.6 is 0 Å². The third kappa shape index (κ3) is 2.75.